The van der Waals surface area contributed by atoms with Crippen molar-refractivity contribution in [2.24, 2.45) is 0 Å². The van der Waals surface area contributed by atoms with Crippen LogP contribution in [-0.4, -0.2) is 27.4 Å². The zero-order valence-electron chi connectivity index (χ0n) is 8.54. The third-order valence-corrected chi connectivity index (χ3v) is 2.28. The molecule has 0 aromatic carbocycles. The van der Waals surface area contributed by atoms with Crippen LogP contribution in [0.2, 0.25) is 10.3 Å². The Morgan fingerprint density at radius 3 is 2.67 bits per heavy atom. The highest BCUT2D eigenvalue weighted by Crippen LogP contribution is 2.22. The van der Waals surface area contributed by atoms with Gasteiger partial charge in [-0.15, -0.1) is 10.2 Å². The number of halogens is 2. The van der Waals surface area contributed by atoms with Crippen LogP contribution in [0.15, 0.2) is 6.07 Å². The van der Waals surface area contributed by atoms with Gasteiger partial charge < -0.3 is 10.4 Å². The van der Waals surface area contributed by atoms with Gasteiger partial charge in [-0.3, -0.25) is 0 Å². The second-order valence-corrected chi connectivity index (χ2v) is 4.25. The molecule has 0 aliphatic rings. The van der Waals surface area contributed by atoms with Crippen molar-refractivity contribution in [2.75, 3.05) is 5.32 Å². The molecule has 1 heterocycles. The van der Waals surface area contributed by atoms with Gasteiger partial charge in [-0.05, 0) is 20.3 Å². The number of hydrogen-bond acceptors (Lipinski definition) is 4. The summed E-state index contributed by atoms with van der Waals surface area (Å²) in [6, 6.07) is 1.69. The number of hydrogen-bond donors (Lipinski definition) is 2. The maximum absolute atomic E-state index is 9.20. The molecule has 0 saturated heterocycles. The van der Waals surface area contributed by atoms with E-state index < -0.39 is 0 Å². The zero-order valence-corrected chi connectivity index (χ0v) is 10.0. The number of nitrogens with zero attached hydrogens (tertiary/aromatic N) is 2. The number of aromatic nitrogens is 2. The highest BCUT2D eigenvalue weighted by molar-refractivity contribution is 6.33. The Morgan fingerprint density at radius 1 is 1.40 bits per heavy atom. The highest BCUT2D eigenvalue weighted by atomic mass is 35.5. The molecule has 84 valence electrons. The van der Waals surface area contributed by atoms with E-state index in [0.717, 1.165) is 0 Å². The first-order valence-electron chi connectivity index (χ1n) is 4.62. The van der Waals surface area contributed by atoms with Gasteiger partial charge >= 0.3 is 0 Å². The monoisotopic (exact) mass is 249 g/mol. The van der Waals surface area contributed by atoms with Gasteiger partial charge in [0.2, 0.25) is 0 Å². The lowest BCUT2D eigenvalue weighted by Gasteiger charge is -2.16. The lowest BCUT2D eigenvalue weighted by Crippen LogP contribution is -2.21. The van der Waals surface area contributed by atoms with Crippen molar-refractivity contribution in [2.45, 2.75) is 32.4 Å². The van der Waals surface area contributed by atoms with E-state index in [1.54, 1.807) is 13.0 Å². The summed E-state index contributed by atoms with van der Waals surface area (Å²) in [6.07, 6.45) is 0.257. The average molecular weight is 250 g/mol. The summed E-state index contributed by atoms with van der Waals surface area (Å²) >= 11 is 11.5. The molecule has 2 N–H and O–H groups in total. The summed E-state index contributed by atoms with van der Waals surface area (Å²) in [5.74, 6) is 0. The zero-order chi connectivity index (χ0) is 11.4. The van der Waals surface area contributed by atoms with Gasteiger partial charge in [0, 0.05) is 12.1 Å². The summed E-state index contributed by atoms with van der Waals surface area (Å²) < 4.78 is 0. The van der Waals surface area contributed by atoms with Crippen molar-refractivity contribution in [1.82, 2.24) is 10.2 Å². The second-order valence-electron chi connectivity index (χ2n) is 3.50. The molecule has 15 heavy (non-hydrogen) atoms. The fourth-order valence-electron chi connectivity index (χ4n) is 1.29. The number of rotatable bonds is 4. The Morgan fingerprint density at radius 2 is 2.07 bits per heavy atom. The van der Waals surface area contributed by atoms with Crippen LogP contribution in [0, 0.1) is 0 Å². The highest BCUT2D eigenvalue weighted by Gasteiger charge is 2.09. The number of aliphatic hydroxyl groups excluding tert-OH is 1. The van der Waals surface area contributed by atoms with E-state index >= 15 is 0 Å². The quantitative estimate of drug-likeness (QED) is 0.861. The van der Waals surface area contributed by atoms with Crippen LogP contribution in [0.5, 0.6) is 0 Å². The third kappa shape index (κ3) is 4.20. The van der Waals surface area contributed by atoms with Gasteiger partial charge in [-0.2, -0.15) is 0 Å². The Kier molecular flexibility index (Phi) is 4.57. The Labute approximate surface area is 98.6 Å². The molecule has 0 amide bonds. The van der Waals surface area contributed by atoms with Gasteiger partial charge in [0.05, 0.1) is 11.8 Å². The predicted molar refractivity (Wildman–Crippen MR) is 61.4 cm³/mol. The smallest absolute Gasteiger partial charge is 0.174 e. The third-order valence-electron chi connectivity index (χ3n) is 1.82. The largest absolute Gasteiger partial charge is 0.393 e. The first kappa shape index (κ1) is 12.5. The van der Waals surface area contributed by atoms with Crippen LogP contribution in [0.25, 0.3) is 0 Å². The maximum atomic E-state index is 9.20. The fraction of sp³-hybridized carbons (Fsp3) is 0.556. The van der Waals surface area contributed by atoms with Gasteiger partial charge in [-0.1, -0.05) is 23.2 Å². The van der Waals surface area contributed by atoms with Crippen LogP contribution >= 0.6 is 23.2 Å². The lowest BCUT2D eigenvalue weighted by molar-refractivity contribution is 0.179. The van der Waals surface area contributed by atoms with Crippen molar-refractivity contribution in [3.05, 3.63) is 16.4 Å². The molecule has 0 saturated carbocycles. The average Bonchev–Trinajstić information content (AvgIpc) is 2.10. The first-order valence-corrected chi connectivity index (χ1v) is 5.38. The Bertz CT molecular complexity index is 333. The first-order chi connectivity index (χ1) is 6.99. The summed E-state index contributed by atoms with van der Waals surface area (Å²) in [5.41, 5.74) is 0.629. The Hall–Kier alpha value is -0.580. The molecule has 0 radical (unpaired) electrons. The molecule has 4 nitrogen and oxygen atoms in total. The van der Waals surface area contributed by atoms with Crippen molar-refractivity contribution in [1.29, 1.82) is 0 Å². The molecule has 2 atom stereocenters. The molecule has 0 bridgehead atoms. The molecule has 2 unspecified atom stereocenters. The molecule has 6 heteroatoms. The lowest BCUT2D eigenvalue weighted by atomic mass is 10.1. The van der Waals surface area contributed by atoms with Gasteiger partial charge in [0.1, 0.15) is 0 Å². The molecule has 1 rings (SSSR count). The van der Waals surface area contributed by atoms with Crippen molar-refractivity contribution in [3.8, 4) is 0 Å². The maximum Gasteiger partial charge on any atom is 0.174 e. The summed E-state index contributed by atoms with van der Waals surface area (Å²) in [4.78, 5) is 0. The van der Waals surface area contributed by atoms with E-state index in [2.05, 4.69) is 15.5 Å². The number of aliphatic hydroxyl groups is 1. The van der Waals surface area contributed by atoms with Crippen molar-refractivity contribution < 1.29 is 5.11 Å². The van der Waals surface area contributed by atoms with Crippen LogP contribution in [0.4, 0.5) is 5.69 Å². The van der Waals surface area contributed by atoms with E-state index in [-0.39, 0.29) is 22.5 Å². The molecule has 1 aromatic heterocycles. The van der Waals surface area contributed by atoms with E-state index in [9.17, 15) is 5.11 Å². The van der Waals surface area contributed by atoms with Gasteiger partial charge in [0.25, 0.3) is 0 Å². The van der Waals surface area contributed by atoms with E-state index in [0.29, 0.717) is 12.1 Å². The van der Waals surface area contributed by atoms with E-state index in [1.807, 2.05) is 6.92 Å². The van der Waals surface area contributed by atoms with Gasteiger partial charge in [0.15, 0.2) is 10.3 Å². The van der Waals surface area contributed by atoms with Crippen LogP contribution in [0.1, 0.15) is 20.3 Å². The molecule has 0 fully saturated rings. The van der Waals surface area contributed by atoms with E-state index in [4.69, 9.17) is 23.2 Å². The minimum absolute atomic E-state index is 0.0859. The van der Waals surface area contributed by atoms with Crippen molar-refractivity contribution >= 4 is 28.9 Å². The standard InChI is InChI=1S/C9H13Cl2N3O/c1-5(3-6(2)15)12-7-4-8(10)13-14-9(7)11/h4-6,15H,3H2,1-2H3,(H,12,13). The molecule has 1 aromatic rings. The molecule has 0 spiro atoms. The van der Waals surface area contributed by atoms with Crippen molar-refractivity contribution in [3.63, 3.8) is 0 Å². The SMILES string of the molecule is CC(O)CC(C)Nc1cc(Cl)nnc1Cl. The minimum atomic E-state index is -0.364. The second kappa shape index (κ2) is 5.49. The number of anilines is 1. The summed E-state index contributed by atoms with van der Waals surface area (Å²) in [7, 11) is 0. The van der Waals surface area contributed by atoms with E-state index in [1.165, 1.54) is 0 Å². The van der Waals surface area contributed by atoms with Crippen LogP contribution < -0.4 is 5.32 Å². The summed E-state index contributed by atoms with van der Waals surface area (Å²) in [5, 5.41) is 20.1. The van der Waals surface area contributed by atoms with Crippen LogP contribution in [-0.2, 0) is 0 Å². The molecular formula is C9H13Cl2N3O. The molecule has 0 aliphatic heterocycles. The Balaban J connectivity index is 2.67. The molecule has 0 aliphatic carbocycles. The predicted octanol–water partition coefficient (Wildman–Crippen LogP) is 2.35. The minimum Gasteiger partial charge on any atom is -0.393 e. The fourth-order valence-corrected chi connectivity index (χ4v) is 1.58. The normalized spacial score (nSPS) is 14.7. The number of nitrogens with one attached hydrogen (secondary N) is 1. The summed E-state index contributed by atoms with van der Waals surface area (Å²) in [6.45, 7) is 3.68. The molecular weight excluding hydrogens is 237 g/mol. The topological polar surface area (TPSA) is 58.0 Å². The van der Waals surface area contributed by atoms with Crippen LogP contribution in [0.3, 0.4) is 0 Å². The van der Waals surface area contributed by atoms with Gasteiger partial charge in [-0.25, -0.2) is 0 Å².